The fourth-order valence-electron chi connectivity index (χ4n) is 1.82. The molecule has 0 radical (unpaired) electrons. The van der Waals surface area contributed by atoms with Crippen LogP contribution < -0.4 is 0 Å². The number of hydrogen-bond acceptors (Lipinski definition) is 2. The van der Waals surface area contributed by atoms with Crippen LogP contribution in [0.4, 0.5) is 0 Å². The molecule has 3 heteroatoms. The standard InChI is InChI=1S/C14H21NO2/c1-10(2)9-13-5-7-14(8-6-13)11(3)15(17)12(4)16/h5-8,10-11,17H,9H2,1-4H3. The van der Waals surface area contributed by atoms with Gasteiger partial charge in [-0.05, 0) is 30.4 Å². The Kier molecular flexibility index (Phi) is 4.70. The molecule has 1 amide bonds. The Labute approximate surface area is 103 Å². The summed E-state index contributed by atoms with van der Waals surface area (Å²) in [5.74, 6) is 0.286. The molecule has 1 atom stereocenters. The molecule has 0 fully saturated rings. The van der Waals surface area contributed by atoms with Crippen molar-refractivity contribution in [2.45, 2.75) is 40.2 Å². The number of hydrogen-bond donors (Lipinski definition) is 1. The van der Waals surface area contributed by atoms with E-state index in [-0.39, 0.29) is 11.9 Å². The first-order chi connectivity index (χ1) is 7.91. The summed E-state index contributed by atoms with van der Waals surface area (Å²) in [6, 6.07) is 7.74. The maximum Gasteiger partial charge on any atom is 0.243 e. The Balaban J connectivity index is 2.76. The van der Waals surface area contributed by atoms with Crippen molar-refractivity contribution in [3.8, 4) is 0 Å². The fraction of sp³-hybridized carbons (Fsp3) is 0.500. The molecule has 0 saturated carbocycles. The molecule has 0 aliphatic rings. The average Bonchev–Trinajstić information content (AvgIpc) is 2.27. The number of rotatable bonds is 4. The fourth-order valence-corrected chi connectivity index (χ4v) is 1.82. The molecule has 1 rings (SSSR count). The average molecular weight is 235 g/mol. The Morgan fingerprint density at radius 2 is 1.76 bits per heavy atom. The zero-order chi connectivity index (χ0) is 13.0. The highest BCUT2D eigenvalue weighted by atomic mass is 16.5. The summed E-state index contributed by atoms with van der Waals surface area (Å²) in [5, 5.41) is 10.3. The van der Waals surface area contributed by atoms with Crippen molar-refractivity contribution in [1.29, 1.82) is 0 Å². The molecule has 17 heavy (non-hydrogen) atoms. The minimum absolute atomic E-state index is 0.305. The maximum atomic E-state index is 11.0. The van der Waals surface area contributed by atoms with Gasteiger partial charge in [0.05, 0.1) is 6.04 Å². The summed E-state index contributed by atoms with van der Waals surface area (Å²) >= 11 is 0. The largest absolute Gasteiger partial charge is 0.285 e. The SMILES string of the molecule is CC(=O)N(O)C(C)c1ccc(CC(C)C)cc1. The van der Waals surface area contributed by atoms with Gasteiger partial charge in [0, 0.05) is 6.92 Å². The number of carbonyl (C=O) groups excluding carboxylic acids is 1. The Bertz CT molecular complexity index is 370. The third-order valence-corrected chi connectivity index (χ3v) is 2.80. The van der Waals surface area contributed by atoms with Gasteiger partial charge in [-0.15, -0.1) is 0 Å². The van der Waals surface area contributed by atoms with Crippen molar-refractivity contribution >= 4 is 5.91 Å². The van der Waals surface area contributed by atoms with Crippen LogP contribution in [0.3, 0.4) is 0 Å². The van der Waals surface area contributed by atoms with Crippen LogP contribution in [0, 0.1) is 5.92 Å². The van der Waals surface area contributed by atoms with Crippen molar-refractivity contribution in [3.05, 3.63) is 35.4 Å². The Morgan fingerprint density at radius 1 is 1.24 bits per heavy atom. The van der Waals surface area contributed by atoms with Crippen LogP contribution in [0.5, 0.6) is 0 Å². The second kappa shape index (κ2) is 5.82. The molecule has 1 unspecified atom stereocenters. The molecule has 0 aliphatic heterocycles. The molecule has 1 aromatic carbocycles. The van der Waals surface area contributed by atoms with Gasteiger partial charge < -0.3 is 0 Å². The first kappa shape index (κ1) is 13.7. The van der Waals surface area contributed by atoms with E-state index >= 15 is 0 Å². The zero-order valence-electron chi connectivity index (χ0n) is 11.0. The lowest BCUT2D eigenvalue weighted by Crippen LogP contribution is -2.27. The van der Waals surface area contributed by atoms with E-state index in [1.165, 1.54) is 12.5 Å². The molecule has 0 saturated heterocycles. The number of benzene rings is 1. The van der Waals surface area contributed by atoms with Crippen LogP contribution >= 0.6 is 0 Å². The van der Waals surface area contributed by atoms with Gasteiger partial charge in [-0.3, -0.25) is 10.0 Å². The van der Waals surface area contributed by atoms with Gasteiger partial charge in [0.25, 0.3) is 0 Å². The smallest absolute Gasteiger partial charge is 0.243 e. The third-order valence-electron chi connectivity index (χ3n) is 2.80. The molecule has 0 aromatic heterocycles. The van der Waals surface area contributed by atoms with E-state index in [1.807, 2.05) is 12.1 Å². The van der Waals surface area contributed by atoms with Crippen LogP contribution in [-0.4, -0.2) is 16.2 Å². The lowest BCUT2D eigenvalue weighted by molar-refractivity contribution is -0.172. The van der Waals surface area contributed by atoms with Gasteiger partial charge in [-0.1, -0.05) is 38.1 Å². The topological polar surface area (TPSA) is 40.5 Å². The monoisotopic (exact) mass is 235 g/mol. The first-order valence-electron chi connectivity index (χ1n) is 5.99. The van der Waals surface area contributed by atoms with Gasteiger partial charge in [0.1, 0.15) is 0 Å². The van der Waals surface area contributed by atoms with Crippen LogP contribution in [0.15, 0.2) is 24.3 Å². The van der Waals surface area contributed by atoms with Gasteiger partial charge in [-0.25, -0.2) is 5.06 Å². The van der Waals surface area contributed by atoms with E-state index in [1.54, 1.807) is 6.92 Å². The van der Waals surface area contributed by atoms with Crippen molar-refractivity contribution in [2.24, 2.45) is 5.92 Å². The minimum Gasteiger partial charge on any atom is -0.285 e. The van der Waals surface area contributed by atoms with E-state index in [0.29, 0.717) is 5.92 Å². The van der Waals surface area contributed by atoms with Gasteiger partial charge in [0.2, 0.25) is 5.91 Å². The normalized spacial score (nSPS) is 12.6. The first-order valence-corrected chi connectivity index (χ1v) is 5.99. The molecular formula is C14H21NO2. The lowest BCUT2D eigenvalue weighted by atomic mass is 10.00. The van der Waals surface area contributed by atoms with Crippen LogP contribution in [0.25, 0.3) is 0 Å². The summed E-state index contributed by atoms with van der Waals surface area (Å²) in [6.07, 6.45) is 1.05. The molecule has 1 N–H and O–H groups in total. The van der Waals surface area contributed by atoms with Crippen molar-refractivity contribution < 1.29 is 10.0 Å². The van der Waals surface area contributed by atoms with E-state index in [4.69, 9.17) is 0 Å². The summed E-state index contributed by atoms with van der Waals surface area (Å²) in [5.41, 5.74) is 2.22. The molecule has 0 heterocycles. The van der Waals surface area contributed by atoms with Crippen molar-refractivity contribution in [3.63, 3.8) is 0 Å². The van der Waals surface area contributed by atoms with Crippen LogP contribution in [0.1, 0.15) is 44.9 Å². The van der Waals surface area contributed by atoms with Crippen molar-refractivity contribution in [1.82, 2.24) is 5.06 Å². The molecule has 1 aromatic rings. The van der Waals surface area contributed by atoms with Crippen LogP contribution in [-0.2, 0) is 11.2 Å². The van der Waals surface area contributed by atoms with E-state index in [0.717, 1.165) is 17.0 Å². The predicted octanol–water partition coefficient (Wildman–Crippen LogP) is 3.18. The summed E-state index contributed by atoms with van der Waals surface area (Å²) < 4.78 is 0. The van der Waals surface area contributed by atoms with Crippen LogP contribution in [0.2, 0.25) is 0 Å². The maximum absolute atomic E-state index is 11.0. The summed E-state index contributed by atoms with van der Waals surface area (Å²) in [4.78, 5) is 11.0. The summed E-state index contributed by atoms with van der Waals surface area (Å²) in [7, 11) is 0. The second-order valence-electron chi connectivity index (χ2n) is 4.88. The molecular weight excluding hydrogens is 214 g/mol. The molecule has 0 aliphatic carbocycles. The number of amides is 1. The van der Waals surface area contributed by atoms with Gasteiger partial charge in [-0.2, -0.15) is 0 Å². The molecule has 94 valence electrons. The highest BCUT2D eigenvalue weighted by Gasteiger charge is 2.15. The predicted molar refractivity (Wildman–Crippen MR) is 67.7 cm³/mol. The third kappa shape index (κ3) is 3.86. The number of hydroxylamine groups is 2. The summed E-state index contributed by atoms with van der Waals surface area (Å²) in [6.45, 7) is 7.52. The quantitative estimate of drug-likeness (QED) is 0.643. The zero-order valence-corrected chi connectivity index (χ0v) is 11.0. The van der Waals surface area contributed by atoms with Gasteiger partial charge >= 0.3 is 0 Å². The number of nitrogens with zero attached hydrogens (tertiary/aromatic N) is 1. The Hall–Kier alpha value is -1.35. The van der Waals surface area contributed by atoms with E-state index in [9.17, 15) is 10.0 Å². The Morgan fingerprint density at radius 3 is 2.18 bits per heavy atom. The lowest BCUT2D eigenvalue weighted by Gasteiger charge is -2.21. The minimum atomic E-state index is -0.344. The molecule has 0 spiro atoms. The highest BCUT2D eigenvalue weighted by molar-refractivity contribution is 5.72. The highest BCUT2D eigenvalue weighted by Crippen LogP contribution is 2.19. The molecule has 0 bridgehead atoms. The number of carbonyl (C=O) groups is 1. The van der Waals surface area contributed by atoms with Gasteiger partial charge in [0.15, 0.2) is 0 Å². The van der Waals surface area contributed by atoms with E-state index < -0.39 is 0 Å². The van der Waals surface area contributed by atoms with E-state index in [2.05, 4.69) is 26.0 Å². The molecule has 3 nitrogen and oxygen atoms in total. The van der Waals surface area contributed by atoms with Crippen molar-refractivity contribution in [2.75, 3.05) is 0 Å². The second-order valence-corrected chi connectivity index (χ2v) is 4.88.